The first-order valence-electron chi connectivity index (χ1n) is 4.60. The Labute approximate surface area is 82.7 Å². The van der Waals surface area contributed by atoms with Crippen molar-refractivity contribution in [1.29, 1.82) is 0 Å². The van der Waals surface area contributed by atoms with E-state index >= 15 is 0 Å². The Kier molecular flexibility index (Phi) is 3.40. The second-order valence-electron chi connectivity index (χ2n) is 2.60. The van der Waals surface area contributed by atoms with Gasteiger partial charge in [0.2, 0.25) is 0 Å². The first-order valence-corrected chi connectivity index (χ1v) is 4.60. The number of fused-ring (bicyclic) bond motifs is 1. The van der Waals surface area contributed by atoms with Gasteiger partial charge in [-0.15, -0.1) is 0 Å². The van der Waals surface area contributed by atoms with E-state index in [1.54, 1.807) is 24.3 Å². The fourth-order valence-electron chi connectivity index (χ4n) is 1.22. The van der Waals surface area contributed by atoms with Gasteiger partial charge in [-0.2, -0.15) is 0 Å². The van der Waals surface area contributed by atoms with Gasteiger partial charge < -0.3 is 4.74 Å². The molecule has 0 fully saturated rings. The van der Waals surface area contributed by atoms with Crippen molar-refractivity contribution >= 4 is 11.9 Å². The summed E-state index contributed by atoms with van der Waals surface area (Å²) in [6, 6.07) is 6.96. The van der Waals surface area contributed by atoms with Gasteiger partial charge in [0.25, 0.3) is 0 Å². The number of rotatable bonds is 0. The van der Waals surface area contributed by atoms with E-state index in [9.17, 15) is 9.59 Å². The van der Waals surface area contributed by atoms with Gasteiger partial charge in [0, 0.05) is 0 Å². The molecule has 1 aromatic rings. The highest BCUT2D eigenvalue weighted by molar-refractivity contribution is 6.02. The summed E-state index contributed by atoms with van der Waals surface area (Å²) in [5, 5.41) is 0. The number of cyclic esters (lactones) is 2. The molecule has 14 heavy (non-hydrogen) atoms. The van der Waals surface area contributed by atoms with Crippen molar-refractivity contribution in [3.05, 3.63) is 35.4 Å². The number of benzene rings is 1. The molecular formula is C11H12O3. The molecule has 3 nitrogen and oxygen atoms in total. The summed E-state index contributed by atoms with van der Waals surface area (Å²) in [6.07, 6.45) is 0.196. The lowest BCUT2D eigenvalue weighted by Crippen LogP contribution is -2.22. The maximum atomic E-state index is 11.1. The van der Waals surface area contributed by atoms with Crippen molar-refractivity contribution in [3.63, 3.8) is 0 Å². The van der Waals surface area contributed by atoms with E-state index in [0.717, 1.165) is 5.56 Å². The second kappa shape index (κ2) is 4.56. The van der Waals surface area contributed by atoms with E-state index in [-0.39, 0.29) is 6.42 Å². The Morgan fingerprint density at radius 3 is 2.50 bits per heavy atom. The molecule has 0 unspecified atom stereocenters. The zero-order valence-electron chi connectivity index (χ0n) is 8.24. The lowest BCUT2D eigenvalue weighted by molar-refractivity contribution is -0.137. The van der Waals surface area contributed by atoms with Crippen LogP contribution in [0.2, 0.25) is 0 Å². The third-order valence-electron chi connectivity index (χ3n) is 1.78. The van der Waals surface area contributed by atoms with Gasteiger partial charge in [0.15, 0.2) is 0 Å². The number of carbonyl (C=O) groups excluding carboxylic acids is 2. The molecule has 1 aromatic carbocycles. The zero-order valence-corrected chi connectivity index (χ0v) is 8.24. The van der Waals surface area contributed by atoms with Crippen LogP contribution in [0.5, 0.6) is 0 Å². The van der Waals surface area contributed by atoms with E-state index in [1.807, 2.05) is 13.8 Å². The first-order chi connectivity index (χ1) is 6.77. The average molecular weight is 192 g/mol. The summed E-state index contributed by atoms with van der Waals surface area (Å²) in [6.45, 7) is 4.00. The molecule has 0 aliphatic carbocycles. The first kappa shape index (κ1) is 10.4. The molecule has 0 radical (unpaired) electrons. The molecule has 0 bridgehead atoms. The molecule has 3 heteroatoms. The Bertz CT molecular complexity index is 355. The van der Waals surface area contributed by atoms with E-state index in [2.05, 4.69) is 4.74 Å². The molecular weight excluding hydrogens is 180 g/mol. The average Bonchev–Trinajstić information content (AvgIpc) is 2.20. The summed E-state index contributed by atoms with van der Waals surface area (Å²) in [5.74, 6) is -1.01. The number of hydrogen-bond acceptors (Lipinski definition) is 3. The Hall–Kier alpha value is -1.64. The molecule has 0 N–H and O–H groups in total. The van der Waals surface area contributed by atoms with Gasteiger partial charge in [-0.3, -0.25) is 4.79 Å². The molecule has 2 rings (SSSR count). The van der Waals surface area contributed by atoms with Crippen LogP contribution >= 0.6 is 0 Å². The molecule has 0 amide bonds. The van der Waals surface area contributed by atoms with E-state index in [0.29, 0.717) is 5.56 Å². The second-order valence-corrected chi connectivity index (χ2v) is 2.60. The Balaban J connectivity index is 0.000000461. The Morgan fingerprint density at radius 1 is 1.14 bits per heavy atom. The SMILES string of the molecule is CC.O=C1Cc2ccccc2C(=O)O1. The van der Waals surface area contributed by atoms with Crippen molar-refractivity contribution < 1.29 is 14.3 Å². The van der Waals surface area contributed by atoms with Crippen LogP contribution in [0.1, 0.15) is 29.8 Å². The molecule has 1 aliphatic heterocycles. The fraction of sp³-hybridized carbons (Fsp3) is 0.273. The maximum absolute atomic E-state index is 11.1. The third kappa shape index (κ3) is 1.99. The minimum absolute atomic E-state index is 0.196. The summed E-state index contributed by atoms with van der Waals surface area (Å²) < 4.78 is 4.43. The van der Waals surface area contributed by atoms with Crippen LogP contribution in [0.4, 0.5) is 0 Å². The van der Waals surface area contributed by atoms with Gasteiger partial charge in [-0.05, 0) is 11.6 Å². The fourth-order valence-corrected chi connectivity index (χ4v) is 1.22. The molecule has 0 saturated heterocycles. The lowest BCUT2D eigenvalue weighted by Gasteiger charge is -2.12. The van der Waals surface area contributed by atoms with Gasteiger partial charge in [0.05, 0.1) is 12.0 Å². The standard InChI is InChI=1S/C9H6O3.C2H6/c10-8-5-6-3-1-2-4-7(6)9(11)12-8;1-2/h1-4H,5H2;1-2H3. The van der Waals surface area contributed by atoms with Crippen LogP contribution in [-0.2, 0) is 16.0 Å². The maximum Gasteiger partial charge on any atom is 0.346 e. The largest absolute Gasteiger partial charge is 0.389 e. The summed E-state index contributed by atoms with van der Waals surface area (Å²) in [5.41, 5.74) is 1.25. The number of carbonyl (C=O) groups is 2. The smallest absolute Gasteiger partial charge is 0.346 e. The minimum Gasteiger partial charge on any atom is -0.389 e. The molecule has 0 spiro atoms. The monoisotopic (exact) mass is 192 g/mol. The Morgan fingerprint density at radius 2 is 1.79 bits per heavy atom. The minimum atomic E-state index is -0.540. The van der Waals surface area contributed by atoms with Gasteiger partial charge in [-0.25, -0.2) is 4.79 Å². The van der Waals surface area contributed by atoms with Gasteiger partial charge in [-0.1, -0.05) is 32.0 Å². The highest BCUT2D eigenvalue weighted by atomic mass is 16.6. The predicted molar refractivity (Wildman–Crippen MR) is 51.9 cm³/mol. The predicted octanol–water partition coefficient (Wildman–Crippen LogP) is 1.95. The van der Waals surface area contributed by atoms with Gasteiger partial charge >= 0.3 is 11.9 Å². The third-order valence-corrected chi connectivity index (χ3v) is 1.78. The number of ether oxygens (including phenoxy) is 1. The zero-order chi connectivity index (χ0) is 10.6. The van der Waals surface area contributed by atoms with Crippen LogP contribution < -0.4 is 0 Å². The van der Waals surface area contributed by atoms with Crippen molar-refractivity contribution in [1.82, 2.24) is 0 Å². The van der Waals surface area contributed by atoms with Crippen molar-refractivity contribution in [2.75, 3.05) is 0 Å². The molecule has 0 atom stereocenters. The summed E-state index contributed by atoms with van der Waals surface area (Å²) in [4.78, 5) is 21.8. The quantitative estimate of drug-likeness (QED) is 0.466. The van der Waals surface area contributed by atoms with Crippen molar-refractivity contribution in [2.24, 2.45) is 0 Å². The van der Waals surface area contributed by atoms with Gasteiger partial charge in [0.1, 0.15) is 0 Å². The molecule has 0 aromatic heterocycles. The molecule has 74 valence electrons. The number of hydrogen-bond donors (Lipinski definition) is 0. The van der Waals surface area contributed by atoms with E-state index in [4.69, 9.17) is 0 Å². The topological polar surface area (TPSA) is 43.4 Å². The molecule has 1 heterocycles. The highest BCUT2D eigenvalue weighted by Crippen LogP contribution is 2.16. The summed E-state index contributed by atoms with van der Waals surface area (Å²) in [7, 11) is 0. The van der Waals surface area contributed by atoms with Crippen LogP contribution in [-0.4, -0.2) is 11.9 Å². The lowest BCUT2D eigenvalue weighted by atomic mass is 10.0. The van der Waals surface area contributed by atoms with Crippen molar-refractivity contribution in [2.45, 2.75) is 20.3 Å². The highest BCUT2D eigenvalue weighted by Gasteiger charge is 2.23. The molecule has 1 aliphatic rings. The van der Waals surface area contributed by atoms with Crippen LogP contribution in [0.25, 0.3) is 0 Å². The van der Waals surface area contributed by atoms with E-state index in [1.165, 1.54) is 0 Å². The van der Waals surface area contributed by atoms with E-state index < -0.39 is 11.9 Å². The number of esters is 2. The normalized spacial score (nSPS) is 13.6. The van der Waals surface area contributed by atoms with Crippen LogP contribution in [0.3, 0.4) is 0 Å². The van der Waals surface area contributed by atoms with Crippen LogP contribution in [0, 0.1) is 0 Å². The summed E-state index contributed by atoms with van der Waals surface area (Å²) >= 11 is 0. The molecule has 0 saturated carbocycles. The van der Waals surface area contributed by atoms with Crippen molar-refractivity contribution in [3.8, 4) is 0 Å². The van der Waals surface area contributed by atoms with Crippen LogP contribution in [0.15, 0.2) is 24.3 Å².